The van der Waals surface area contributed by atoms with Gasteiger partial charge in [0.05, 0.1) is 13.2 Å². The van der Waals surface area contributed by atoms with Crippen LogP contribution in [0.25, 0.3) is 0 Å². The second-order valence-corrected chi connectivity index (χ2v) is 5.24. The van der Waals surface area contributed by atoms with Gasteiger partial charge in [-0.15, -0.1) is 0 Å². The molecule has 5 nitrogen and oxygen atoms in total. The second kappa shape index (κ2) is 7.45. The third-order valence-electron chi connectivity index (χ3n) is 3.95. The zero-order valence-corrected chi connectivity index (χ0v) is 12.1. The van der Waals surface area contributed by atoms with Gasteiger partial charge in [-0.2, -0.15) is 0 Å². The van der Waals surface area contributed by atoms with Crippen molar-refractivity contribution in [3.63, 3.8) is 0 Å². The van der Waals surface area contributed by atoms with E-state index in [2.05, 4.69) is 0 Å². The van der Waals surface area contributed by atoms with Crippen LogP contribution in [0.3, 0.4) is 0 Å². The Bertz CT molecular complexity index is 425. The monoisotopic (exact) mass is 280 g/mol. The fraction of sp³-hybridized carbons (Fsp3) is 0.667. The summed E-state index contributed by atoms with van der Waals surface area (Å²) in [7, 11) is 1.65. The Balaban J connectivity index is 2.12. The molecule has 112 valence electrons. The Labute approximate surface area is 120 Å². The molecule has 0 aliphatic heterocycles. The van der Waals surface area contributed by atoms with Gasteiger partial charge in [-0.3, -0.25) is 4.79 Å². The molecule has 5 heteroatoms. The number of aliphatic hydroxyl groups excluding tert-OH is 1. The highest BCUT2D eigenvalue weighted by Crippen LogP contribution is 2.24. The summed E-state index contributed by atoms with van der Waals surface area (Å²) in [4.78, 5) is 14.6. The third kappa shape index (κ3) is 3.41. The minimum Gasteiger partial charge on any atom is -0.395 e. The van der Waals surface area contributed by atoms with Crippen molar-refractivity contribution in [1.29, 1.82) is 0 Å². The van der Waals surface area contributed by atoms with Gasteiger partial charge in [0.1, 0.15) is 5.69 Å². The molecule has 1 N–H and O–H groups in total. The van der Waals surface area contributed by atoms with Crippen LogP contribution >= 0.6 is 0 Å². The largest absolute Gasteiger partial charge is 0.395 e. The SMILES string of the molecule is COCCn1cccc1C(=O)N(CCO)C1CCCC1. The number of aliphatic hydroxyl groups is 1. The molecule has 0 radical (unpaired) electrons. The maximum Gasteiger partial charge on any atom is 0.270 e. The van der Waals surface area contributed by atoms with Gasteiger partial charge in [0, 0.05) is 32.4 Å². The van der Waals surface area contributed by atoms with Crippen LogP contribution in [0, 0.1) is 0 Å². The van der Waals surface area contributed by atoms with E-state index in [1.54, 1.807) is 7.11 Å². The van der Waals surface area contributed by atoms with E-state index < -0.39 is 0 Å². The number of carbonyl (C=O) groups is 1. The number of aromatic nitrogens is 1. The fourth-order valence-corrected chi connectivity index (χ4v) is 2.91. The maximum absolute atomic E-state index is 12.7. The number of methoxy groups -OCH3 is 1. The summed E-state index contributed by atoms with van der Waals surface area (Å²) in [5.41, 5.74) is 0.683. The van der Waals surface area contributed by atoms with E-state index in [0.717, 1.165) is 12.8 Å². The van der Waals surface area contributed by atoms with Crippen LogP contribution in [0.2, 0.25) is 0 Å². The van der Waals surface area contributed by atoms with Crippen molar-refractivity contribution < 1.29 is 14.6 Å². The van der Waals surface area contributed by atoms with Crippen molar-refractivity contribution in [2.75, 3.05) is 26.9 Å². The van der Waals surface area contributed by atoms with Crippen LogP contribution in [-0.4, -0.2) is 53.4 Å². The summed E-state index contributed by atoms with van der Waals surface area (Å²) in [6.07, 6.45) is 6.34. The molecule has 0 unspecified atom stereocenters. The highest BCUT2D eigenvalue weighted by Gasteiger charge is 2.28. The molecule has 1 aromatic rings. The highest BCUT2D eigenvalue weighted by molar-refractivity contribution is 5.93. The molecule has 1 heterocycles. The maximum atomic E-state index is 12.7. The molecule has 0 spiro atoms. The van der Waals surface area contributed by atoms with Crippen molar-refractivity contribution >= 4 is 5.91 Å². The van der Waals surface area contributed by atoms with Crippen LogP contribution in [0.4, 0.5) is 0 Å². The van der Waals surface area contributed by atoms with Gasteiger partial charge in [-0.1, -0.05) is 12.8 Å². The average molecular weight is 280 g/mol. The van der Waals surface area contributed by atoms with E-state index in [1.807, 2.05) is 27.8 Å². The van der Waals surface area contributed by atoms with Gasteiger partial charge in [-0.05, 0) is 25.0 Å². The topological polar surface area (TPSA) is 54.7 Å². The zero-order valence-electron chi connectivity index (χ0n) is 12.1. The molecule has 1 amide bonds. The number of hydrogen-bond donors (Lipinski definition) is 1. The zero-order chi connectivity index (χ0) is 14.4. The first-order valence-corrected chi connectivity index (χ1v) is 7.34. The molecule has 2 rings (SSSR count). The number of carbonyl (C=O) groups excluding carboxylic acids is 1. The standard InChI is InChI=1S/C15H24N2O3/c1-20-12-10-16-8-4-7-14(16)15(19)17(9-11-18)13-5-2-3-6-13/h4,7-8,13,18H,2-3,5-6,9-12H2,1H3. The van der Waals surface area contributed by atoms with E-state index in [0.29, 0.717) is 25.4 Å². The summed E-state index contributed by atoms with van der Waals surface area (Å²) in [5, 5.41) is 9.23. The van der Waals surface area contributed by atoms with Gasteiger partial charge in [-0.25, -0.2) is 0 Å². The van der Waals surface area contributed by atoms with Gasteiger partial charge >= 0.3 is 0 Å². The third-order valence-corrected chi connectivity index (χ3v) is 3.95. The lowest BCUT2D eigenvalue weighted by molar-refractivity contribution is 0.0625. The van der Waals surface area contributed by atoms with Crippen LogP contribution in [-0.2, 0) is 11.3 Å². The molecular weight excluding hydrogens is 256 g/mol. The molecule has 20 heavy (non-hydrogen) atoms. The fourth-order valence-electron chi connectivity index (χ4n) is 2.91. The first kappa shape index (κ1) is 15.1. The summed E-state index contributed by atoms with van der Waals surface area (Å²) in [6.45, 7) is 1.68. The molecule has 0 bridgehead atoms. The first-order valence-electron chi connectivity index (χ1n) is 7.34. The van der Waals surface area contributed by atoms with Gasteiger partial charge in [0.15, 0.2) is 0 Å². The van der Waals surface area contributed by atoms with Crippen molar-refractivity contribution in [3.8, 4) is 0 Å². The Morgan fingerprint density at radius 2 is 2.25 bits per heavy atom. The van der Waals surface area contributed by atoms with Crippen LogP contribution < -0.4 is 0 Å². The second-order valence-electron chi connectivity index (χ2n) is 5.24. The normalized spacial score (nSPS) is 15.7. The molecule has 0 atom stereocenters. The van der Waals surface area contributed by atoms with Crippen LogP contribution in [0.15, 0.2) is 18.3 Å². The molecule has 1 aromatic heterocycles. The summed E-state index contributed by atoms with van der Waals surface area (Å²) in [6, 6.07) is 4.01. The molecule has 1 saturated carbocycles. The van der Waals surface area contributed by atoms with E-state index in [1.165, 1.54) is 12.8 Å². The van der Waals surface area contributed by atoms with E-state index in [4.69, 9.17) is 4.74 Å². The lowest BCUT2D eigenvalue weighted by atomic mass is 10.2. The van der Waals surface area contributed by atoms with Crippen molar-refractivity contribution in [2.24, 2.45) is 0 Å². The van der Waals surface area contributed by atoms with Gasteiger partial charge in [0.25, 0.3) is 5.91 Å². The average Bonchev–Trinajstić information content (AvgIpc) is 3.12. The minimum atomic E-state index is 0.0149. The van der Waals surface area contributed by atoms with Gasteiger partial charge < -0.3 is 19.3 Å². The summed E-state index contributed by atoms with van der Waals surface area (Å²) < 4.78 is 6.99. The molecule has 1 fully saturated rings. The number of amides is 1. The van der Waals surface area contributed by atoms with E-state index in [9.17, 15) is 9.90 Å². The lowest BCUT2D eigenvalue weighted by Gasteiger charge is -2.28. The Kier molecular flexibility index (Phi) is 5.61. The smallest absolute Gasteiger partial charge is 0.270 e. The number of ether oxygens (including phenoxy) is 1. The summed E-state index contributed by atoms with van der Waals surface area (Å²) >= 11 is 0. The number of rotatable bonds is 7. The molecule has 0 aromatic carbocycles. The lowest BCUT2D eigenvalue weighted by Crippen LogP contribution is -2.41. The van der Waals surface area contributed by atoms with E-state index in [-0.39, 0.29) is 18.6 Å². The summed E-state index contributed by atoms with van der Waals surface area (Å²) in [5.74, 6) is 0.0204. The Hall–Kier alpha value is -1.33. The van der Waals surface area contributed by atoms with Gasteiger partial charge in [0.2, 0.25) is 0 Å². The van der Waals surface area contributed by atoms with Crippen LogP contribution in [0.1, 0.15) is 36.2 Å². The quantitative estimate of drug-likeness (QED) is 0.823. The predicted octanol–water partition coefficient (Wildman–Crippen LogP) is 1.51. The Morgan fingerprint density at radius 3 is 2.90 bits per heavy atom. The number of hydrogen-bond acceptors (Lipinski definition) is 3. The Morgan fingerprint density at radius 1 is 1.50 bits per heavy atom. The van der Waals surface area contributed by atoms with E-state index >= 15 is 0 Å². The van der Waals surface area contributed by atoms with Crippen molar-refractivity contribution in [1.82, 2.24) is 9.47 Å². The molecule has 1 aliphatic carbocycles. The molecule has 1 aliphatic rings. The molecular formula is C15H24N2O3. The van der Waals surface area contributed by atoms with Crippen molar-refractivity contribution in [2.45, 2.75) is 38.3 Å². The predicted molar refractivity (Wildman–Crippen MR) is 76.7 cm³/mol. The first-order chi connectivity index (χ1) is 9.77. The van der Waals surface area contributed by atoms with Crippen LogP contribution in [0.5, 0.6) is 0 Å². The van der Waals surface area contributed by atoms with Crippen molar-refractivity contribution in [3.05, 3.63) is 24.0 Å². The highest BCUT2D eigenvalue weighted by atomic mass is 16.5. The molecule has 0 saturated heterocycles. The minimum absolute atomic E-state index is 0.0149. The number of nitrogens with zero attached hydrogens (tertiary/aromatic N) is 2.